The van der Waals surface area contributed by atoms with Crippen LogP contribution in [0.4, 0.5) is 0 Å². The molecule has 1 unspecified atom stereocenters. The number of nitrogens with one attached hydrogen (secondary N) is 1. The van der Waals surface area contributed by atoms with Gasteiger partial charge in [-0.3, -0.25) is 4.79 Å². The fourth-order valence-corrected chi connectivity index (χ4v) is 2.22. The lowest BCUT2D eigenvalue weighted by atomic mass is 10.0. The summed E-state index contributed by atoms with van der Waals surface area (Å²) >= 11 is 5.95. The first-order valence-corrected chi connectivity index (χ1v) is 6.73. The number of aliphatic hydroxyl groups excluding tert-OH is 1. The first kappa shape index (κ1) is 14.6. The molecule has 0 bridgehead atoms. The van der Waals surface area contributed by atoms with Gasteiger partial charge in [0.15, 0.2) is 0 Å². The molecular weight excluding hydrogens is 274 g/mol. The van der Waals surface area contributed by atoms with Gasteiger partial charge in [-0.15, -0.1) is 0 Å². The molecule has 0 aliphatic carbocycles. The van der Waals surface area contributed by atoms with Gasteiger partial charge in [0.1, 0.15) is 0 Å². The van der Waals surface area contributed by atoms with Gasteiger partial charge in [0, 0.05) is 6.54 Å². The average Bonchev–Trinajstić information content (AvgIpc) is 2.45. The van der Waals surface area contributed by atoms with E-state index in [0.717, 1.165) is 11.1 Å². The van der Waals surface area contributed by atoms with Crippen molar-refractivity contribution >= 4 is 17.5 Å². The van der Waals surface area contributed by atoms with Crippen molar-refractivity contribution in [3.8, 4) is 0 Å². The molecule has 0 aromatic heterocycles. The second kappa shape index (κ2) is 6.55. The zero-order chi connectivity index (χ0) is 14.5. The number of halogens is 1. The van der Waals surface area contributed by atoms with Crippen LogP contribution in [0.2, 0.25) is 5.02 Å². The van der Waals surface area contributed by atoms with E-state index in [2.05, 4.69) is 5.32 Å². The average molecular weight is 290 g/mol. The Balaban J connectivity index is 2.01. The van der Waals surface area contributed by atoms with E-state index in [9.17, 15) is 9.90 Å². The number of amides is 1. The molecule has 20 heavy (non-hydrogen) atoms. The number of hydrogen-bond donors (Lipinski definition) is 2. The van der Waals surface area contributed by atoms with Gasteiger partial charge in [-0.25, -0.2) is 0 Å². The Bertz CT molecular complexity index is 613. The van der Waals surface area contributed by atoms with Gasteiger partial charge < -0.3 is 10.4 Å². The van der Waals surface area contributed by atoms with E-state index >= 15 is 0 Å². The molecule has 104 valence electrons. The molecule has 2 aromatic carbocycles. The molecule has 0 saturated carbocycles. The van der Waals surface area contributed by atoms with Crippen LogP contribution in [-0.4, -0.2) is 17.6 Å². The van der Waals surface area contributed by atoms with Crippen molar-refractivity contribution < 1.29 is 9.90 Å². The van der Waals surface area contributed by atoms with Crippen LogP contribution in [0.5, 0.6) is 0 Å². The molecule has 0 spiro atoms. The Morgan fingerprint density at radius 1 is 1.20 bits per heavy atom. The van der Waals surface area contributed by atoms with Gasteiger partial charge in [-0.2, -0.15) is 0 Å². The molecule has 0 radical (unpaired) electrons. The van der Waals surface area contributed by atoms with E-state index in [-0.39, 0.29) is 12.5 Å². The number of rotatable bonds is 4. The number of hydrogen-bond acceptors (Lipinski definition) is 2. The summed E-state index contributed by atoms with van der Waals surface area (Å²) in [6.45, 7) is 2.07. The SMILES string of the molecule is Cc1ccccc1C(O)CNC(=O)c1ccccc1Cl. The van der Waals surface area contributed by atoms with Crippen molar-refractivity contribution in [2.45, 2.75) is 13.0 Å². The summed E-state index contributed by atoms with van der Waals surface area (Å²) in [4.78, 5) is 12.0. The summed E-state index contributed by atoms with van der Waals surface area (Å²) in [5.41, 5.74) is 2.21. The highest BCUT2D eigenvalue weighted by molar-refractivity contribution is 6.33. The quantitative estimate of drug-likeness (QED) is 0.908. The number of carbonyl (C=O) groups excluding carboxylic acids is 1. The van der Waals surface area contributed by atoms with Crippen molar-refractivity contribution in [2.75, 3.05) is 6.54 Å². The highest BCUT2D eigenvalue weighted by atomic mass is 35.5. The lowest BCUT2D eigenvalue weighted by Crippen LogP contribution is -2.28. The third kappa shape index (κ3) is 3.38. The molecule has 0 fully saturated rings. The Morgan fingerprint density at radius 2 is 1.85 bits per heavy atom. The highest BCUT2D eigenvalue weighted by Crippen LogP contribution is 2.17. The second-order valence-electron chi connectivity index (χ2n) is 4.56. The molecule has 2 N–H and O–H groups in total. The topological polar surface area (TPSA) is 49.3 Å². The van der Waals surface area contributed by atoms with Crippen molar-refractivity contribution in [3.63, 3.8) is 0 Å². The van der Waals surface area contributed by atoms with E-state index in [1.54, 1.807) is 24.3 Å². The monoisotopic (exact) mass is 289 g/mol. The summed E-state index contributed by atoms with van der Waals surface area (Å²) in [6.07, 6.45) is -0.734. The minimum Gasteiger partial charge on any atom is -0.387 e. The van der Waals surface area contributed by atoms with Crippen molar-refractivity contribution in [3.05, 3.63) is 70.2 Å². The molecule has 2 aromatic rings. The predicted octanol–water partition coefficient (Wildman–Crippen LogP) is 3.11. The smallest absolute Gasteiger partial charge is 0.252 e. The van der Waals surface area contributed by atoms with Gasteiger partial charge >= 0.3 is 0 Å². The zero-order valence-corrected chi connectivity index (χ0v) is 11.9. The van der Waals surface area contributed by atoms with Crippen LogP contribution in [-0.2, 0) is 0 Å². The molecular formula is C16H16ClNO2. The third-order valence-corrected chi connectivity index (χ3v) is 3.45. The highest BCUT2D eigenvalue weighted by Gasteiger charge is 2.13. The van der Waals surface area contributed by atoms with E-state index < -0.39 is 6.10 Å². The molecule has 0 aliphatic heterocycles. The Hall–Kier alpha value is -1.84. The van der Waals surface area contributed by atoms with Gasteiger partial charge in [0.05, 0.1) is 16.7 Å². The summed E-state index contributed by atoms with van der Waals surface area (Å²) in [5.74, 6) is -0.289. The van der Waals surface area contributed by atoms with Crippen LogP contribution < -0.4 is 5.32 Å². The maximum Gasteiger partial charge on any atom is 0.252 e. The first-order chi connectivity index (χ1) is 9.59. The van der Waals surface area contributed by atoms with E-state index in [1.807, 2.05) is 31.2 Å². The lowest BCUT2D eigenvalue weighted by molar-refractivity contribution is 0.0916. The molecule has 1 atom stereocenters. The summed E-state index contributed by atoms with van der Waals surface area (Å²) < 4.78 is 0. The largest absolute Gasteiger partial charge is 0.387 e. The second-order valence-corrected chi connectivity index (χ2v) is 4.97. The van der Waals surface area contributed by atoms with Crippen LogP contribution in [0.15, 0.2) is 48.5 Å². The molecule has 1 amide bonds. The Kier molecular flexibility index (Phi) is 4.77. The zero-order valence-electron chi connectivity index (χ0n) is 11.1. The summed E-state index contributed by atoms with van der Waals surface area (Å²) in [6, 6.07) is 14.4. The molecule has 0 saturated heterocycles. The Morgan fingerprint density at radius 3 is 2.55 bits per heavy atom. The lowest BCUT2D eigenvalue weighted by Gasteiger charge is -2.14. The first-order valence-electron chi connectivity index (χ1n) is 6.36. The van der Waals surface area contributed by atoms with E-state index in [0.29, 0.717) is 10.6 Å². The fourth-order valence-electron chi connectivity index (χ4n) is 2.00. The molecule has 4 heteroatoms. The molecule has 0 aliphatic rings. The standard InChI is InChI=1S/C16H16ClNO2/c1-11-6-2-3-7-12(11)15(19)10-18-16(20)13-8-4-5-9-14(13)17/h2-9,15,19H,10H2,1H3,(H,18,20). The van der Waals surface area contributed by atoms with Crippen LogP contribution in [0.1, 0.15) is 27.6 Å². The number of aryl methyl sites for hydroxylation is 1. The van der Waals surface area contributed by atoms with Gasteiger partial charge in [-0.05, 0) is 30.2 Å². The fraction of sp³-hybridized carbons (Fsp3) is 0.188. The minimum atomic E-state index is -0.734. The molecule has 0 heterocycles. The van der Waals surface area contributed by atoms with Crippen molar-refractivity contribution in [1.82, 2.24) is 5.32 Å². The van der Waals surface area contributed by atoms with Crippen molar-refractivity contribution in [2.24, 2.45) is 0 Å². The third-order valence-electron chi connectivity index (χ3n) is 3.12. The van der Waals surface area contributed by atoms with Crippen molar-refractivity contribution in [1.29, 1.82) is 0 Å². The van der Waals surface area contributed by atoms with Gasteiger partial charge in [0.2, 0.25) is 0 Å². The van der Waals surface area contributed by atoms with Crippen LogP contribution in [0.25, 0.3) is 0 Å². The van der Waals surface area contributed by atoms with Gasteiger partial charge in [-0.1, -0.05) is 48.0 Å². The van der Waals surface area contributed by atoms with Crippen LogP contribution in [0, 0.1) is 6.92 Å². The number of benzene rings is 2. The van der Waals surface area contributed by atoms with Gasteiger partial charge in [0.25, 0.3) is 5.91 Å². The normalized spacial score (nSPS) is 11.9. The van der Waals surface area contributed by atoms with Crippen LogP contribution >= 0.6 is 11.6 Å². The van der Waals surface area contributed by atoms with Crippen LogP contribution in [0.3, 0.4) is 0 Å². The molecule has 3 nitrogen and oxygen atoms in total. The summed E-state index contributed by atoms with van der Waals surface area (Å²) in [7, 11) is 0. The molecule has 2 rings (SSSR count). The number of aliphatic hydroxyl groups is 1. The van der Waals surface area contributed by atoms with E-state index in [1.165, 1.54) is 0 Å². The maximum atomic E-state index is 12.0. The summed E-state index contributed by atoms with van der Waals surface area (Å²) in [5, 5.41) is 13.2. The minimum absolute atomic E-state index is 0.148. The van der Waals surface area contributed by atoms with E-state index in [4.69, 9.17) is 11.6 Å². The predicted molar refractivity (Wildman–Crippen MR) is 79.9 cm³/mol. The number of carbonyl (C=O) groups is 1. The maximum absolute atomic E-state index is 12.0. The Labute approximate surface area is 123 Å².